The summed E-state index contributed by atoms with van der Waals surface area (Å²) in [6, 6.07) is 10.0. The maximum absolute atomic E-state index is 13.0. The van der Waals surface area contributed by atoms with Crippen LogP contribution in [0.5, 0.6) is 0 Å². The van der Waals surface area contributed by atoms with E-state index in [0.717, 1.165) is 5.76 Å². The van der Waals surface area contributed by atoms with Gasteiger partial charge in [-0.2, -0.15) is 0 Å². The number of hydrogen-bond donors (Lipinski definition) is 0. The lowest BCUT2D eigenvalue weighted by molar-refractivity contribution is 0.0665. The number of aryl methyl sites for hydroxylation is 1. The average molecular weight is 368 g/mol. The Morgan fingerprint density at radius 2 is 2.04 bits per heavy atom. The maximum atomic E-state index is 13.0. The van der Waals surface area contributed by atoms with Crippen LogP contribution in [0.3, 0.4) is 0 Å². The highest BCUT2D eigenvalue weighted by Gasteiger charge is 2.35. The molecule has 5 nitrogen and oxygen atoms in total. The van der Waals surface area contributed by atoms with Crippen molar-refractivity contribution in [1.82, 2.24) is 4.90 Å². The minimum Gasteiger partial charge on any atom is -0.464 e. The van der Waals surface area contributed by atoms with Crippen molar-refractivity contribution in [2.45, 2.75) is 25.9 Å². The second-order valence-corrected chi connectivity index (χ2v) is 8.62. The van der Waals surface area contributed by atoms with Crippen LogP contribution in [0, 0.1) is 6.92 Å². The molecule has 0 radical (unpaired) electrons. The Hall–Kier alpha value is -1.79. The van der Waals surface area contributed by atoms with Crippen LogP contribution in [0.25, 0.3) is 0 Å². The molecule has 24 heavy (non-hydrogen) atoms. The van der Waals surface area contributed by atoms with Gasteiger partial charge in [0.25, 0.3) is 5.91 Å². The van der Waals surface area contributed by atoms with Crippen LogP contribution in [0.15, 0.2) is 40.8 Å². The predicted molar refractivity (Wildman–Crippen MR) is 91.8 cm³/mol. The van der Waals surface area contributed by atoms with E-state index in [4.69, 9.17) is 16.0 Å². The van der Waals surface area contributed by atoms with Crippen molar-refractivity contribution in [3.63, 3.8) is 0 Å². The van der Waals surface area contributed by atoms with Gasteiger partial charge in [-0.25, -0.2) is 8.42 Å². The molecule has 0 unspecified atom stereocenters. The number of sulfone groups is 1. The molecule has 1 amide bonds. The molecular formula is C17H18ClNO4S. The third kappa shape index (κ3) is 3.65. The molecule has 1 atom stereocenters. The summed E-state index contributed by atoms with van der Waals surface area (Å²) in [6.07, 6.45) is 0.429. The van der Waals surface area contributed by atoms with Crippen molar-refractivity contribution >= 4 is 27.3 Å². The fraction of sp³-hybridized carbons (Fsp3) is 0.353. The van der Waals surface area contributed by atoms with Crippen LogP contribution in [0.2, 0.25) is 5.02 Å². The van der Waals surface area contributed by atoms with Gasteiger partial charge in [0.2, 0.25) is 0 Å². The number of rotatable bonds is 4. The minimum atomic E-state index is -3.11. The molecule has 1 aliphatic heterocycles. The summed E-state index contributed by atoms with van der Waals surface area (Å²) in [5.41, 5.74) is 0.367. The van der Waals surface area contributed by atoms with Crippen molar-refractivity contribution in [2.24, 2.45) is 0 Å². The van der Waals surface area contributed by atoms with Gasteiger partial charge in [-0.3, -0.25) is 4.79 Å². The van der Waals surface area contributed by atoms with Crippen LogP contribution >= 0.6 is 11.6 Å². The third-order valence-corrected chi connectivity index (χ3v) is 6.22. The number of carbonyl (C=O) groups is 1. The highest BCUT2D eigenvalue weighted by molar-refractivity contribution is 7.91. The highest BCUT2D eigenvalue weighted by Crippen LogP contribution is 2.25. The van der Waals surface area contributed by atoms with E-state index in [2.05, 4.69) is 0 Å². The first kappa shape index (κ1) is 17.0. The molecule has 2 aromatic rings. The standard InChI is InChI=1S/C17H18ClNO4S/c1-12-6-7-14(23-12)10-19(13-8-9-24(21,22)11-13)17(20)15-4-2-3-5-16(15)18/h2-7,13H,8-11H2,1H3/t13-/m0/s1. The summed E-state index contributed by atoms with van der Waals surface area (Å²) in [5.74, 6) is 1.16. The van der Waals surface area contributed by atoms with E-state index in [0.29, 0.717) is 22.8 Å². The normalized spacial score (nSPS) is 19.3. The Bertz CT molecular complexity index is 859. The minimum absolute atomic E-state index is 0.0249. The van der Waals surface area contributed by atoms with Crippen LogP contribution in [0.1, 0.15) is 28.3 Å². The van der Waals surface area contributed by atoms with Crippen LogP contribution in [-0.4, -0.2) is 36.8 Å². The Balaban J connectivity index is 1.92. The maximum Gasteiger partial charge on any atom is 0.256 e. The van der Waals surface area contributed by atoms with E-state index >= 15 is 0 Å². The van der Waals surface area contributed by atoms with Gasteiger partial charge in [-0.1, -0.05) is 23.7 Å². The number of furan rings is 1. The Morgan fingerprint density at radius 3 is 2.62 bits per heavy atom. The molecule has 0 saturated carbocycles. The Kier molecular flexibility index (Phi) is 4.69. The van der Waals surface area contributed by atoms with Crippen LogP contribution in [-0.2, 0) is 16.4 Å². The monoisotopic (exact) mass is 367 g/mol. The van der Waals surface area contributed by atoms with E-state index in [9.17, 15) is 13.2 Å². The highest BCUT2D eigenvalue weighted by atomic mass is 35.5. The van der Waals surface area contributed by atoms with Gasteiger partial charge < -0.3 is 9.32 Å². The molecular weight excluding hydrogens is 350 g/mol. The lowest BCUT2D eigenvalue weighted by Gasteiger charge is -2.28. The molecule has 3 rings (SSSR count). The quantitative estimate of drug-likeness (QED) is 0.832. The smallest absolute Gasteiger partial charge is 0.256 e. The van der Waals surface area contributed by atoms with Gasteiger partial charge in [-0.15, -0.1) is 0 Å². The largest absolute Gasteiger partial charge is 0.464 e. The number of amides is 1. The summed E-state index contributed by atoms with van der Waals surface area (Å²) >= 11 is 6.14. The number of nitrogens with zero attached hydrogens (tertiary/aromatic N) is 1. The van der Waals surface area contributed by atoms with E-state index < -0.39 is 9.84 Å². The first-order valence-corrected chi connectivity index (χ1v) is 9.87. The Labute approximate surface area is 146 Å². The van der Waals surface area contributed by atoms with E-state index in [1.807, 2.05) is 13.0 Å². The zero-order valence-corrected chi connectivity index (χ0v) is 14.8. The lowest BCUT2D eigenvalue weighted by atomic mass is 10.1. The average Bonchev–Trinajstić information content (AvgIpc) is 3.10. The molecule has 128 valence electrons. The summed E-state index contributed by atoms with van der Waals surface area (Å²) in [7, 11) is -3.11. The lowest BCUT2D eigenvalue weighted by Crippen LogP contribution is -2.40. The van der Waals surface area contributed by atoms with Crippen molar-refractivity contribution in [3.8, 4) is 0 Å². The molecule has 1 aliphatic rings. The van der Waals surface area contributed by atoms with Gasteiger partial charge >= 0.3 is 0 Å². The molecule has 0 bridgehead atoms. The SMILES string of the molecule is Cc1ccc(CN(C(=O)c2ccccc2Cl)[C@H]2CCS(=O)(=O)C2)o1. The van der Waals surface area contributed by atoms with Gasteiger partial charge in [0.15, 0.2) is 9.84 Å². The van der Waals surface area contributed by atoms with Crippen LogP contribution < -0.4 is 0 Å². The summed E-state index contributed by atoms with van der Waals surface area (Å²) in [5, 5.41) is 0.351. The van der Waals surface area contributed by atoms with Crippen molar-refractivity contribution in [1.29, 1.82) is 0 Å². The Morgan fingerprint density at radius 1 is 1.29 bits per heavy atom. The van der Waals surface area contributed by atoms with Crippen molar-refractivity contribution in [2.75, 3.05) is 11.5 Å². The van der Waals surface area contributed by atoms with Gasteiger partial charge in [-0.05, 0) is 37.6 Å². The molecule has 0 spiro atoms. The zero-order valence-electron chi connectivity index (χ0n) is 13.2. The van der Waals surface area contributed by atoms with E-state index in [1.54, 1.807) is 35.2 Å². The van der Waals surface area contributed by atoms with Gasteiger partial charge in [0.1, 0.15) is 11.5 Å². The fourth-order valence-corrected chi connectivity index (χ4v) is 4.86. The fourth-order valence-electron chi connectivity index (χ4n) is 2.92. The first-order chi connectivity index (χ1) is 11.4. The second-order valence-electron chi connectivity index (χ2n) is 5.98. The molecule has 0 N–H and O–H groups in total. The number of hydrogen-bond acceptors (Lipinski definition) is 4. The van der Waals surface area contributed by atoms with E-state index in [1.165, 1.54) is 0 Å². The zero-order chi connectivity index (χ0) is 17.3. The molecule has 1 aromatic heterocycles. The van der Waals surface area contributed by atoms with Gasteiger partial charge in [0.05, 0.1) is 28.6 Å². The summed E-state index contributed by atoms with van der Waals surface area (Å²) in [4.78, 5) is 14.5. The molecule has 1 aromatic carbocycles. The summed E-state index contributed by atoms with van der Waals surface area (Å²) < 4.78 is 29.2. The molecule has 1 saturated heterocycles. The predicted octanol–water partition coefficient (Wildman–Crippen LogP) is 3.07. The molecule has 2 heterocycles. The summed E-state index contributed by atoms with van der Waals surface area (Å²) in [6.45, 7) is 2.04. The van der Waals surface area contributed by atoms with E-state index in [-0.39, 0.29) is 30.0 Å². The second kappa shape index (κ2) is 6.61. The molecule has 7 heteroatoms. The van der Waals surface area contributed by atoms with Gasteiger partial charge in [0, 0.05) is 6.04 Å². The number of halogens is 1. The number of carbonyl (C=O) groups excluding carboxylic acids is 1. The first-order valence-electron chi connectivity index (χ1n) is 7.67. The molecule has 1 fully saturated rings. The third-order valence-electron chi connectivity index (χ3n) is 4.14. The van der Waals surface area contributed by atoms with Crippen molar-refractivity contribution in [3.05, 3.63) is 58.5 Å². The van der Waals surface area contributed by atoms with Crippen molar-refractivity contribution < 1.29 is 17.6 Å². The van der Waals surface area contributed by atoms with Crippen LogP contribution in [0.4, 0.5) is 0 Å². The topological polar surface area (TPSA) is 67.6 Å². The molecule has 0 aliphatic carbocycles. The number of benzene rings is 1.